The fourth-order valence-electron chi connectivity index (χ4n) is 4.30. The van der Waals surface area contributed by atoms with Gasteiger partial charge in [-0.25, -0.2) is 0 Å². The van der Waals surface area contributed by atoms with E-state index in [2.05, 4.69) is 18.7 Å². The van der Waals surface area contributed by atoms with Gasteiger partial charge in [0.15, 0.2) is 0 Å². The zero-order chi connectivity index (χ0) is 14.6. The van der Waals surface area contributed by atoms with E-state index in [0.29, 0.717) is 0 Å². The first-order chi connectivity index (χ1) is 9.55. The Morgan fingerprint density at radius 2 is 2.00 bits per heavy atom. The lowest BCUT2D eigenvalue weighted by Crippen LogP contribution is -2.46. The Labute approximate surface area is 123 Å². The number of carboxylic acids is 1. The highest BCUT2D eigenvalue weighted by molar-refractivity contribution is 5.74. The van der Waals surface area contributed by atoms with E-state index in [9.17, 15) is 9.90 Å². The molecule has 0 aromatic carbocycles. The molecule has 1 heterocycles. The number of nitrogens with zero attached hydrogens (tertiary/aromatic N) is 1. The zero-order valence-corrected chi connectivity index (χ0v) is 13.2. The van der Waals surface area contributed by atoms with Crippen LogP contribution in [-0.4, -0.2) is 35.6 Å². The van der Waals surface area contributed by atoms with Crippen LogP contribution in [0, 0.1) is 17.3 Å². The van der Waals surface area contributed by atoms with Crippen molar-refractivity contribution in [2.45, 2.75) is 65.2 Å². The molecule has 1 aliphatic heterocycles. The summed E-state index contributed by atoms with van der Waals surface area (Å²) in [5.41, 5.74) is -0.425. The van der Waals surface area contributed by atoms with Gasteiger partial charge >= 0.3 is 5.97 Å². The molecule has 0 aromatic rings. The van der Waals surface area contributed by atoms with Crippen molar-refractivity contribution in [1.29, 1.82) is 0 Å². The van der Waals surface area contributed by atoms with E-state index in [1.165, 1.54) is 32.2 Å². The zero-order valence-electron chi connectivity index (χ0n) is 13.2. The van der Waals surface area contributed by atoms with Crippen LogP contribution in [0.25, 0.3) is 0 Å². The molecule has 20 heavy (non-hydrogen) atoms. The number of piperidine rings is 1. The van der Waals surface area contributed by atoms with Crippen molar-refractivity contribution in [1.82, 2.24) is 4.90 Å². The first kappa shape index (κ1) is 15.8. The minimum atomic E-state index is -0.565. The van der Waals surface area contributed by atoms with Crippen LogP contribution >= 0.6 is 0 Å². The van der Waals surface area contributed by atoms with Gasteiger partial charge in [0.25, 0.3) is 0 Å². The lowest BCUT2D eigenvalue weighted by atomic mass is 9.74. The van der Waals surface area contributed by atoms with Gasteiger partial charge in [-0.05, 0) is 57.0 Å². The highest BCUT2D eigenvalue weighted by Gasteiger charge is 2.40. The van der Waals surface area contributed by atoms with Crippen LogP contribution in [0.15, 0.2) is 0 Å². The normalized spacial score (nSPS) is 31.1. The van der Waals surface area contributed by atoms with Crippen LogP contribution in [-0.2, 0) is 4.79 Å². The van der Waals surface area contributed by atoms with Crippen molar-refractivity contribution >= 4 is 5.97 Å². The second kappa shape index (κ2) is 6.93. The Bertz CT molecular complexity index is 321. The minimum absolute atomic E-state index is 0.425. The highest BCUT2D eigenvalue weighted by Crippen LogP contribution is 2.37. The summed E-state index contributed by atoms with van der Waals surface area (Å²) < 4.78 is 0. The molecule has 2 rings (SSSR count). The smallest absolute Gasteiger partial charge is 0.309 e. The molecular weight excluding hydrogens is 250 g/mol. The molecule has 2 fully saturated rings. The fourth-order valence-corrected chi connectivity index (χ4v) is 4.30. The number of rotatable bonds is 5. The maximum Gasteiger partial charge on any atom is 0.309 e. The van der Waals surface area contributed by atoms with Crippen molar-refractivity contribution in [3.63, 3.8) is 0 Å². The number of hydrogen-bond acceptors (Lipinski definition) is 2. The van der Waals surface area contributed by atoms with Gasteiger partial charge in [-0.1, -0.05) is 33.1 Å². The third-order valence-corrected chi connectivity index (χ3v) is 5.56. The number of carbonyl (C=O) groups is 1. The molecule has 2 aliphatic rings. The molecule has 2 atom stereocenters. The molecule has 3 nitrogen and oxygen atoms in total. The summed E-state index contributed by atoms with van der Waals surface area (Å²) in [7, 11) is 0. The topological polar surface area (TPSA) is 40.5 Å². The first-order valence-electron chi connectivity index (χ1n) is 8.51. The molecule has 0 aromatic heterocycles. The number of carboxylic acid groups (broad SMARTS) is 1. The molecule has 0 bridgehead atoms. The largest absolute Gasteiger partial charge is 0.481 e. The van der Waals surface area contributed by atoms with Crippen LogP contribution in [0.1, 0.15) is 65.2 Å². The average Bonchev–Trinajstić information content (AvgIpc) is 2.41. The summed E-state index contributed by atoms with van der Waals surface area (Å²) in [5, 5.41) is 9.54. The molecule has 116 valence electrons. The lowest BCUT2D eigenvalue weighted by Gasteiger charge is -2.41. The Kier molecular flexibility index (Phi) is 5.48. The van der Waals surface area contributed by atoms with Gasteiger partial charge in [0.2, 0.25) is 0 Å². The van der Waals surface area contributed by atoms with Crippen molar-refractivity contribution in [2.75, 3.05) is 19.6 Å². The van der Waals surface area contributed by atoms with E-state index in [4.69, 9.17) is 0 Å². The van der Waals surface area contributed by atoms with Crippen LogP contribution in [0.2, 0.25) is 0 Å². The SMILES string of the molecule is CCCC1(C(=O)O)CCN(CC2CCCC(C)C2)CC1. The molecule has 2 unspecified atom stereocenters. The van der Waals surface area contributed by atoms with Crippen LogP contribution < -0.4 is 0 Å². The Hall–Kier alpha value is -0.570. The van der Waals surface area contributed by atoms with Crippen LogP contribution in [0.4, 0.5) is 0 Å². The Morgan fingerprint density at radius 3 is 2.55 bits per heavy atom. The van der Waals surface area contributed by atoms with Crippen molar-refractivity contribution < 1.29 is 9.90 Å². The molecule has 0 spiro atoms. The van der Waals surface area contributed by atoms with Gasteiger partial charge in [-0.3, -0.25) is 4.79 Å². The number of likely N-dealkylation sites (tertiary alicyclic amines) is 1. The van der Waals surface area contributed by atoms with Gasteiger partial charge < -0.3 is 10.0 Å². The highest BCUT2D eigenvalue weighted by atomic mass is 16.4. The second-order valence-corrected chi connectivity index (χ2v) is 7.27. The molecule has 3 heteroatoms. The molecule has 0 radical (unpaired) electrons. The predicted octanol–water partition coefficient (Wildman–Crippen LogP) is 3.78. The first-order valence-corrected chi connectivity index (χ1v) is 8.51. The number of aliphatic carboxylic acids is 1. The summed E-state index contributed by atoms with van der Waals surface area (Å²) >= 11 is 0. The summed E-state index contributed by atoms with van der Waals surface area (Å²) in [6.45, 7) is 7.64. The molecule has 1 saturated carbocycles. The second-order valence-electron chi connectivity index (χ2n) is 7.27. The maximum absolute atomic E-state index is 11.6. The summed E-state index contributed by atoms with van der Waals surface area (Å²) in [6.07, 6.45) is 9.04. The lowest BCUT2D eigenvalue weighted by molar-refractivity contribution is -0.152. The van der Waals surface area contributed by atoms with E-state index < -0.39 is 11.4 Å². The Morgan fingerprint density at radius 1 is 1.30 bits per heavy atom. The maximum atomic E-state index is 11.6. The van der Waals surface area contributed by atoms with Crippen LogP contribution in [0.3, 0.4) is 0 Å². The van der Waals surface area contributed by atoms with E-state index in [0.717, 1.165) is 50.6 Å². The third-order valence-electron chi connectivity index (χ3n) is 5.56. The molecule has 0 amide bonds. The average molecular weight is 281 g/mol. The Balaban J connectivity index is 1.82. The predicted molar refractivity (Wildman–Crippen MR) is 81.8 cm³/mol. The third kappa shape index (κ3) is 3.75. The van der Waals surface area contributed by atoms with E-state index >= 15 is 0 Å². The summed E-state index contributed by atoms with van der Waals surface area (Å²) in [5.74, 6) is 1.17. The minimum Gasteiger partial charge on any atom is -0.481 e. The van der Waals surface area contributed by atoms with E-state index in [-0.39, 0.29) is 0 Å². The molecule has 1 saturated heterocycles. The fraction of sp³-hybridized carbons (Fsp3) is 0.941. The van der Waals surface area contributed by atoms with E-state index in [1.54, 1.807) is 0 Å². The standard InChI is InChI=1S/C17H31NO2/c1-3-7-17(16(19)20)8-10-18(11-9-17)13-15-6-4-5-14(2)12-15/h14-15H,3-13H2,1-2H3,(H,19,20). The van der Waals surface area contributed by atoms with E-state index in [1.807, 2.05) is 0 Å². The van der Waals surface area contributed by atoms with Gasteiger partial charge in [0.1, 0.15) is 0 Å². The molecule has 1 aliphatic carbocycles. The van der Waals surface area contributed by atoms with Crippen LogP contribution in [0.5, 0.6) is 0 Å². The van der Waals surface area contributed by atoms with Crippen molar-refractivity contribution in [3.05, 3.63) is 0 Å². The quantitative estimate of drug-likeness (QED) is 0.833. The van der Waals surface area contributed by atoms with Crippen molar-refractivity contribution in [2.24, 2.45) is 17.3 Å². The number of hydrogen-bond donors (Lipinski definition) is 1. The monoisotopic (exact) mass is 281 g/mol. The van der Waals surface area contributed by atoms with Gasteiger partial charge in [0, 0.05) is 6.54 Å². The van der Waals surface area contributed by atoms with Gasteiger partial charge in [-0.15, -0.1) is 0 Å². The van der Waals surface area contributed by atoms with Gasteiger partial charge in [-0.2, -0.15) is 0 Å². The van der Waals surface area contributed by atoms with Crippen molar-refractivity contribution in [3.8, 4) is 0 Å². The molecular formula is C17H31NO2. The molecule has 1 N–H and O–H groups in total. The summed E-state index contributed by atoms with van der Waals surface area (Å²) in [6, 6.07) is 0. The summed E-state index contributed by atoms with van der Waals surface area (Å²) in [4.78, 5) is 14.1. The van der Waals surface area contributed by atoms with Gasteiger partial charge in [0.05, 0.1) is 5.41 Å².